The molecule has 0 aliphatic heterocycles. The number of aliphatic hydroxyl groups excluding tert-OH is 1. The van der Waals surface area contributed by atoms with Crippen molar-refractivity contribution in [2.75, 3.05) is 5.32 Å². The van der Waals surface area contributed by atoms with E-state index < -0.39 is 6.10 Å². The smallest absolute Gasteiger partial charge is 0.145 e. The van der Waals surface area contributed by atoms with Crippen molar-refractivity contribution < 1.29 is 5.11 Å². The standard InChI is InChI=1S/C14H15N3O/c1-9-7-15-8-13(16-9)17-14-11-5-3-2-4-10(11)6-12(14)18/h2-5,7-8,12,14,18H,6H2,1H3,(H,16,17). The van der Waals surface area contributed by atoms with Crippen LogP contribution in [0.4, 0.5) is 5.82 Å². The SMILES string of the molecule is Cc1cncc(NC2c3ccccc3CC2O)n1. The zero-order valence-electron chi connectivity index (χ0n) is 10.2. The maximum absolute atomic E-state index is 10.1. The van der Waals surface area contributed by atoms with Crippen LogP contribution >= 0.6 is 0 Å². The Bertz CT molecular complexity index is 570. The molecular weight excluding hydrogens is 226 g/mol. The minimum atomic E-state index is -0.412. The predicted molar refractivity (Wildman–Crippen MR) is 69.3 cm³/mol. The first-order valence-corrected chi connectivity index (χ1v) is 6.05. The fourth-order valence-electron chi connectivity index (χ4n) is 2.44. The average Bonchev–Trinajstić information content (AvgIpc) is 2.66. The molecular formula is C14H15N3O. The number of nitrogens with one attached hydrogen (secondary N) is 1. The quantitative estimate of drug-likeness (QED) is 0.842. The van der Waals surface area contributed by atoms with Gasteiger partial charge in [0, 0.05) is 12.6 Å². The molecule has 0 saturated carbocycles. The molecule has 1 aliphatic carbocycles. The molecule has 2 unspecified atom stereocenters. The topological polar surface area (TPSA) is 58.0 Å². The lowest BCUT2D eigenvalue weighted by atomic mass is 10.1. The molecule has 0 radical (unpaired) electrons. The zero-order chi connectivity index (χ0) is 12.5. The van der Waals surface area contributed by atoms with Crippen LogP contribution in [0.2, 0.25) is 0 Å². The van der Waals surface area contributed by atoms with Crippen molar-refractivity contribution in [1.82, 2.24) is 9.97 Å². The second-order valence-electron chi connectivity index (χ2n) is 4.64. The average molecular weight is 241 g/mol. The summed E-state index contributed by atoms with van der Waals surface area (Å²) in [5, 5.41) is 13.4. The number of nitrogens with zero attached hydrogens (tertiary/aromatic N) is 2. The third kappa shape index (κ3) is 1.95. The number of benzene rings is 1. The molecule has 0 spiro atoms. The van der Waals surface area contributed by atoms with Gasteiger partial charge in [-0.2, -0.15) is 0 Å². The van der Waals surface area contributed by atoms with E-state index in [1.54, 1.807) is 12.4 Å². The molecule has 1 aromatic heterocycles. The van der Waals surface area contributed by atoms with Crippen molar-refractivity contribution in [3.05, 3.63) is 53.5 Å². The Morgan fingerprint density at radius 1 is 1.28 bits per heavy atom. The van der Waals surface area contributed by atoms with Gasteiger partial charge in [0.15, 0.2) is 0 Å². The highest BCUT2D eigenvalue weighted by atomic mass is 16.3. The molecule has 1 aliphatic rings. The molecule has 1 heterocycles. The Morgan fingerprint density at radius 3 is 2.94 bits per heavy atom. The minimum absolute atomic E-state index is 0.0997. The number of hydrogen-bond donors (Lipinski definition) is 2. The molecule has 0 fully saturated rings. The maximum Gasteiger partial charge on any atom is 0.145 e. The van der Waals surface area contributed by atoms with E-state index >= 15 is 0 Å². The summed E-state index contributed by atoms with van der Waals surface area (Å²) in [6.07, 6.45) is 3.67. The van der Waals surface area contributed by atoms with E-state index in [4.69, 9.17) is 0 Å². The molecule has 2 atom stereocenters. The second kappa shape index (κ2) is 4.38. The van der Waals surface area contributed by atoms with Gasteiger partial charge in [0.1, 0.15) is 5.82 Å². The van der Waals surface area contributed by atoms with Gasteiger partial charge in [-0.15, -0.1) is 0 Å². The fraction of sp³-hybridized carbons (Fsp3) is 0.286. The van der Waals surface area contributed by atoms with Gasteiger partial charge in [0.05, 0.1) is 24.0 Å². The molecule has 18 heavy (non-hydrogen) atoms. The summed E-state index contributed by atoms with van der Waals surface area (Å²) in [5.74, 6) is 0.704. The molecule has 2 N–H and O–H groups in total. The van der Waals surface area contributed by atoms with Crippen molar-refractivity contribution in [2.45, 2.75) is 25.5 Å². The molecule has 92 valence electrons. The summed E-state index contributed by atoms with van der Waals surface area (Å²) >= 11 is 0. The first-order chi connectivity index (χ1) is 8.74. The van der Waals surface area contributed by atoms with Crippen molar-refractivity contribution in [3.8, 4) is 0 Å². The van der Waals surface area contributed by atoms with Gasteiger partial charge in [-0.3, -0.25) is 4.98 Å². The van der Waals surface area contributed by atoms with Crippen LogP contribution in [0.5, 0.6) is 0 Å². The van der Waals surface area contributed by atoms with Gasteiger partial charge in [0.2, 0.25) is 0 Å². The van der Waals surface area contributed by atoms with Crippen LogP contribution in [0.3, 0.4) is 0 Å². The number of aromatic nitrogens is 2. The highest BCUT2D eigenvalue weighted by Crippen LogP contribution is 2.33. The van der Waals surface area contributed by atoms with Gasteiger partial charge in [-0.25, -0.2) is 4.98 Å². The Kier molecular flexibility index (Phi) is 2.72. The summed E-state index contributed by atoms with van der Waals surface area (Å²) in [6.45, 7) is 1.90. The minimum Gasteiger partial charge on any atom is -0.390 e. The van der Waals surface area contributed by atoms with E-state index in [0.29, 0.717) is 12.2 Å². The van der Waals surface area contributed by atoms with Crippen LogP contribution in [0.15, 0.2) is 36.7 Å². The van der Waals surface area contributed by atoms with Gasteiger partial charge in [0.25, 0.3) is 0 Å². The van der Waals surface area contributed by atoms with Crippen LogP contribution in [0, 0.1) is 6.92 Å². The monoisotopic (exact) mass is 241 g/mol. The summed E-state index contributed by atoms with van der Waals surface area (Å²) in [5.41, 5.74) is 3.21. The van der Waals surface area contributed by atoms with Crippen LogP contribution < -0.4 is 5.32 Å². The Hall–Kier alpha value is -1.94. The van der Waals surface area contributed by atoms with E-state index in [0.717, 1.165) is 11.3 Å². The number of anilines is 1. The summed E-state index contributed by atoms with van der Waals surface area (Å²) in [4.78, 5) is 8.46. The summed E-state index contributed by atoms with van der Waals surface area (Å²) in [6, 6.07) is 8.00. The molecule has 0 bridgehead atoms. The highest BCUT2D eigenvalue weighted by molar-refractivity contribution is 5.44. The molecule has 4 nitrogen and oxygen atoms in total. The first kappa shape index (κ1) is 11.2. The lowest BCUT2D eigenvalue weighted by Crippen LogP contribution is -2.21. The lowest BCUT2D eigenvalue weighted by Gasteiger charge is -2.18. The van der Waals surface area contributed by atoms with Crippen molar-refractivity contribution in [2.24, 2.45) is 0 Å². The maximum atomic E-state index is 10.1. The number of hydrogen-bond acceptors (Lipinski definition) is 4. The lowest BCUT2D eigenvalue weighted by molar-refractivity contribution is 0.165. The third-order valence-corrected chi connectivity index (χ3v) is 3.26. The number of rotatable bonds is 2. The van der Waals surface area contributed by atoms with Crippen molar-refractivity contribution in [3.63, 3.8) is 0 Å². The van der Waals surface area contributed by atoms with Gasteiger partial charge < -0.3 is 10.4 Å². The van der Waals surface area contributed by atoms with Crippen molar-refractivity contribution >= 4 is 5.82 Å². The largest absolute Gasteiger partial charge is 0.390 e. The summed E-state index contributed by atoms with van der Waals surface area (Å²) < 4.78 is 0. The van der Waals surface area contributed by atoms with Crippen molar-refractivity contribution in [1.29, 1.82) is 0 Å². The van der Waals surface area contributed by atoms with Gasteiger partial charge >= 0.3 is 0 Å². The predicted octanol–water partition coefficient (Wildman–Crippen LogP) is 1.86. The third-order valence-electron chi connectivity index (χ3n) is 3.26. The molecule has 0 saturated heterocycles. The van der Waals surface area contributed by atoms with E-state index in [1.807, 2.05) is 25.1 Å². The summed E-state index contributed by atoms with van der Waals surface area (Å²) in [7, 11) is 0. The second-order valence-corrected chi connectivity index (χ2v) is 4.64. The van der Waals surface area contributed by atoms with Crippen LogP contribution in [0.25, 0.3) is 0 Å². The number of aliphatic hydroxyl groups is 1. The molecule has 0 amide bonds. The van der Waals surface area contributed by atoms with E-state index in [9.17, 15) is 5.11 Å². The van der Waals surface area contributed by atoms with Crippen LogP contribution in [-0.4, -0.2) is 21.2 Å². The zero-order valence-corrected chi connectivity index (χ0v) is 10.2. The van der Waals surface area contributed by atoms with E-state index in [-0.39, 0.29) is 6.04 Å². The number of fused-ring (bicyclic) bond motifs is 1. The van der Waals surface area contributed by atoms with E-state index in [2.05, 4.69) is 21.4 Å². The number of aryl methyl sites for hydroxylation is 1. The first-order valence-electron chi connectivity index (χ1n) is 6.05. The van der Waals surface area contributed by atoms with E-state index in [1.165, 1.54) is 5.56 Å². The Balaban J connectivity index is 1.89. The van der Waals surface area contributed by atoms with Crippen LogP contribution in [0.1, 0.15) is 22.9 Å². The normalized spacial score (nSPS) is 21.7. The Morgan fingerprint density at radius 2 is 2.11 bits per heavy atom. The molecule has 2 aromatic rings. The molecule has 1 aromatic carbocycles. The highest BCUT2D eigenvalue weighted by Gasteiger charge is 2.30. The van der Waals surface area contributed by atoms with Gasteiger partial charge in [-0.1, -0.05) is 24.3 Å². The molecule has 4 heteroatoms. The van der Waals surface area contributed by atoms with Gasteiger partial charge in [-0.05, 0) is 18.1 Å². The molecule has 3 rings (SSSR count). The van der Waals surface area contributed by atoms with Crippen LogP contribution in [-0.2, 0) is 6.42 Å². The fourth-order valence-corrected chi connectivity index (χ4v) is 2.44. The Labute approximate surface area is 106 Å².